The van der Waals surface area contributed by atoms with E-state index in [0.29, 0.717) is 24.7 Å². The van der Waals surface area contributed by atoms with Crippen LogP contribution in [0.15, 0.2) is 27.3 Å². The van der Waals surface area contributed by atoms with Gasteiger partial charge < -0.3 is 19.6 Å². The van der Waals surface area contributed by atoms with E-state index in [0.717, 1.165) is 12.2 Å². The van der Waals surface area contributed by atoms with E-state index in [9.17, 15) is 0 Å². The number of likely N-dealkylation sites (N-methyl/N-ethyl adjacent to an activating group) is 1. The van der Waals surface area contributed by atoms with E-state index in [-0.39, 0.29) is 6.04 Å². The summed E-state index contributed by atoms with van der Waals surface area (Å²) in [4.78, 5) is 6.28. The van der Waals surface area contributed by atoms with Gasteiger partial charge in [-0.2, -0.15) is 4.98 Å². The van der Waals surface area contributed by atoms with E-state index >= 15 is 0 Å². The zero-order valence-corrected chi connectivity index (χ0v) is 10.7. The average Bonchev–Trinajstić information content (AvgIpc) is 2.97. The van der Waals surface area contributed by atoms with Crippen LogP contribution in [-0.4, -0.2) is 35.7 Å². The third-order valence-corrected chi connectivity index (χ3v) is 2.54. The molecule has 98 valence electrons. The average molecular weight is 250 g/mol. The number of hydrogen-bond acceptors (Lipinski definition) is 6. The van der Waals surface area contributed by atoms with E-state index in [2.05, 4.69) is 10.1 Å². The van der Waals surface area contributed by atoms with Crippen LogP contribution in [0.3, 0.4) is 0 Å². The number of furan rings is 1. The van der Waals surface area contributed by atoms with Crippen LogP contribution in [0.2, 0.25) is 0 Å². The van der Waals surface area contributed by atoms with Gasteiger partial charge in [-0.15, -0.1) is 0 Å². The highest BCUT2D eigenvalue weighted by Crippen LogP contribution is 2.10. The van der Waals surface area contributed by atoms with E-state index in [1.54, 1.807) is 6.26 Å². The number of nitrogens with two attached hydrogens (primary N) is 1. The molecule has 0 saturated carbocycles. The Labute approximate surface area is 106 Å². The van der Waals surface area contributed by atoms with Gasteiger partial charge in [-0.05, 0) is 26.2 Å². The van der Waals surface area contributed by atoms with Gasteiger partial charge in [0, 0.05) is 19.4 Å². The molecule has 0 spiro atoms. The van der Waals surface area contributed by atoms with E-state index in [1.165, 1.54) is 0 Å². The van der Waals surface area contributed by atoms with Gasteiger partial charge in [-0.3, -0.25) is 0 Å². The number of nitrogens with zero attached hydrogens (tertiary/aromatic N) is 3. The normalized spacial score (nSPS) is 13.1. The molecule has 6 heteroatoms. The summed E-state index contributed by atoms with van der Waals surface area (Å²) in [5, 5.41) is 3.90. The van der Waals surface area contributed by atoms with Crippen molar-refractivity contribution >= 4 is 0 Å². The number of aryl methyl sites for hydroxylation is 2. The first kappa shape index (κ1) is 12.8. The Kier molecular flexibility index (Phi) is 4.11. The van der Waals surface area contributed by atoms with Crippen LogP contribution < -0.4 is 5.73 Å². The molecule has 0 aliphatic rings. The molecule has 2 aromatic rings. The summed E-state index contributed by atoms with van der Waals surface area (Å²) in [6.07, 6.45) is 3.06. The minimum Gasteiger partial charge on any atom is -0.469 e. The van der Waals surface area contributed by atoms with Crippen molar-refractivity contribution in [2.45, 2.75) is 18.9 Å². The third kappa shape index (κ3) is 3.41. The lowest BCUT2D eigenvalue weighted by atomic mass is 10.2. The highest BCUT2D eigenvalue weighted by Gasteiger charge is 2.15. The highest BCUT2D eigenvalue weighted by molar-refractivity contribution is 5.01. The van der Waals surface area contributed by atoms with Crippen molar-refractivity contribution < 1.29 is 8.94 Å². The quantitative estimate of drug-likeness (QED) is 0.824. The predicted molar refractivity (Wildman–Crippen MR) is 65.9 cm³/mol. The van der Waals surface area contributed by atoms with E-state index in [1.807, 2.05) is 31.1 Å². The first-order valence-electron chi connectivity index (χ1n) is 5.90. The molecule has 0 amide bonds. The van der Waals surface area contributed by atoms with Crippen LogP contribution in [0, 0.1) is 0 Å². The standard InChI is InChI=1S/C12H18N4O2/c1-16(2)8-10(13)12-14-11(18-15-12)6-5-9-4-3-7-17-9/h3-4,7,10H,5-6,8,13H2,1-2H3. The summed E-state index contributed by atoms with van der Waals surface area (Å²) in [5.41, 5.74) is 5.95. The molecule has 18 heavy (non-hydrogen) atoms. The van der Waals surface area contributed by atoms with Gasteiger partial charge in [-0.1, -0.05) is 5.16 Å². The van der Waals surface area contributed by atoms with Gasteiger partial charge in [0.2, 0.25) is 5.89 Å². The summed E-state index contributed by atoms with van der Waals surface area (Å²) >= 11 is 0. The van der Waals surface area contributed by atoms with Gasteiger partial charge in [0.1, 0.15) is 5.76 Å². The molecule has 2 aromatic heterocycles. The first-order chi connectivity index (χ1) is 8.65. The minimum atomic E-state index is -0.221. The molecule has 2 N–H and O–H groups in total. The Morgan fingerprint density at radius 2 is 2.22 bits per heavy atom. The fourth-order valence-electron chi connectivity index (χ4n) is 1.68. The van der Waals surface area contributed by atoms with Crippen LogP contribution in [0.25, 0.3) is 0 Å². The zero-order chi connectivity index (χ0) is 13.0. The van der Waals surface area contributed by atoms with Crippen molar-refractivity contribution in [3.05, 3.63) is 35.9 Å². The van der Waals surface area contributed by atoms with Crippen LogP contribution in [-0.2, 0) is 12.8 Å². The van der Waals surface area contributed by atoms with Gasteiger partial charge in [-0.25, -0.2) is 0 Å². The zero-order valence-electron chi connectivity index (χ0n) is 10.7. The third-order valence-electron chi connectivity index (χ3n) is 2.54. The summed E-state index contributed by atoms with van der Waals surface area (Å²) in [7, 11) is 3.91. The maximum atomic E-state index is 5.95. The molecule has 0 fully saturated rings. The Hall–Kier alpha value is -1.66. The van der Waals surface area contributed by atoms with Gasteiger partial charge >= 0.3 is 0 Å². The van der Waals surface area contributed by atoms with Crippen molar-refractivity contribution in [1.29, 1.82) is 0 Å². The van der Waals surface area contributed by atoms with Crippen LogP contribution in [0.5, 0.6) is 0 Å². The number of hydrogen-bond donors (Lipinski definition) is 1. The summed E-state index contributed by atoms with van der Waals surface area (Å²) in [6.45, 7) is 0.692. The SMILES string of the molecule is CN(C)CC(N)c1noc(CCc2ccco2)n1. The van der Waals surface area contributed by atoms with Crippen molar-refractivity contribution in [3.8, 4) is 0 Å². The molecule has 1 unspecified atom stereocenters. The fraction of sp³-hybridized carbons (Fsp3) is 0.500. The molecule has 6 nitrogen and oxygen atoms in total. The van der Waals surface area contributed by atoms with Crippen molar-refractivity contribution in [3.63, 3.8) is 0 Å². The fourth-order valence-corrected chi connectivity index (χ4v) is 1.68. The minimum absolute atomic E-state index is 0.221. The van der Waals surface area contributed by atoms with Gasteiger partial charge in [0.25, 0.3) is 0 Å². The molecule has 0 aliphatic carbocycles. The van der Waals surface area contributed by atoms with Gasteiger partial charge in [0.15, 0.2) is 5.82 Å². The molecule has 0 radical (unpaired) electrons. The molecular weight excluding hydrogens is 232 g/mol. The molecule has 2 rings (SSSR count). The Bertz CT molecular complexity index is 464. The predicted octanol–water partition coefficient (Wildman–Crippen LogP) is 1.01. The van der Waals surface area contributed by atoms with Crippen molar-refractivity contribution in [2.24, 2.45) is 5.73 Å². The second kappa shape index (κ2) is 5.79. The molecule has 0 bridgehead atoms. The number of rotatable bonds is 6. The first-order valence-corrected chi connectivity index (χ1v) is 5.90. The molecular formula is C12H18N4O2. The Morgan fingerprint density at radius 1 is 1.39 bits per heavy atom. The van der Waals surface area contributed by atoms with Crippen molar-refractivity contribution in [1.82, 2.24) is 15.0 Å². The molecule has 1 atom stereocenters. The highest BCUT2D eigenvalue weighted by atomic mass is 16.5. The van der Waals surface area contributed by atoms with E-state index < -0.39 is 0 Å². The molecule has 0 aliphatic heterocycles. The Balaban J connectivity index is 1.89. The van der Waals surface area contributed by atoms with Crippen LogP contribution in [0.1, 0.15) is 23.5 Å². The topological polar surface area (TPSA) is 81.3 Å². The smallest absolute Gasteiger partial charge is 0.227 e. The monoisotopic (exact) mass is 250 g/mol. The lowest BCUT2D eigenvalue weighted by Crippen LogP contribution is -2.26. The van der Waals surface area contributed by atoms with Crippen molar-refractivity contribution in [2.75, 3.05) is 20.6 Å². The molecule has 2 heterocycles. The van der Waals surface area contributed by atoms with Gasteiger partial charge in [0.05, 0.1) is 12.3 Å². The van der Waals surface area contributed by atoms with Crippen LogP contribution in [0.4, 0.5) is 0 Å². The maximum Gasteiger partial charge on any atom is 0.227 e. The molecule has 0 saturated heterocycles. The summed E-state index contributed by atoms with van der Waals surface area (Å²) < 4.78 is 10.4. The lowest BCUT2D eigenvalue weighted by Gasteiger charge is -2.12. The van der Waals surface area contributed by atoms with Crippen LogP contribution >= 0.6 is 0 Å². The summed E-state index contributed by atoms with van der Waals surface area (Å²) in [6, 6.07) is 3.57. The second-order valence-corrected chi connectivity index (χ2v) is 4.49. The second-order valence-electron chi connectivity index (χ2n) is 4.49. The Morgan fingerprint density at radius 3 is 2.89 bits per heavy atom. The summed E-state index contributed by atoms with van der Waals surface area (Å²) in [5.74, 6) is 2.06. The van der Waals surface area contributed by atoms with E-state index in [4.69, 9.17) is 14.7 Å². The number of aromatic nitrogens is 2. The maximum absolute atomic E-state index is 5.95. The largest absolute Gasteiger partial charge is 0.469 e. The lowest BCUT2D eigenvalue weighted by molar-refractivity contribution is 0.345. The molecule has 0 aromatic carbocycles.